The number of nitrogens with zero attached hydrogens (tertiary/aromatic N) is 3. The molecule has 0 aliphatic carbocycles. The molecule has 1 unspecified atom stereocenters. The van der Waals surface area contributed by atoms with Gasteiger partial charge in [0.25, 0.3) is 5.56 Å². The quantitative estimate of drug-likeness (QED) is 0.919. The lowest BCUT2D eigenvalue weighted by molar-refractivity contribution is -0.133. The smallest absolute Gasteiger partial charge is 0.270 e. The predicted molar refractivity (Wildman–Crippen MR) is 91.9 cm³/mol. The Morgan fingerprint density at radius 3 is 3.04 bits per heavy atom. The number of piperazine rings is 1. The first-order valence-corrected chi connectivity index (χ1v) is 8.70. The van der Waals surface area contributed by atoms with Crippen molar-refractivity contribution in [2.24, 2.45) is 0 Å². The maximum Gasteiger partial charge on any atom is 0.270 e. The van der Waals surface area contributed by atoms with E-state index in [-0.39, 0.29) is 11.5 Å². The average molecular weight is 326 g/mol. The van der Waals surface area contributed by atoms with Crippen molar-refractivity contribution in [2.75, 3.05) is 26.2 Å². The molecular weight excluding hydrogens is 304 g/mol. The molecule has 1 aromatic carbocycles. The summed E-state index contributed by atoms with van der Waals surface area (Å²) in [6, 6.07) is 8.00. The van der Waals surface area contributed by atoms with Crippen molar-refractivity contribution in [3.05, 3.63) is 40.3 Å². The molecule has 24 heavy (non-hydrogen) atoms. The number of rotatable bonds is 3. The third-order valence-electron chi connectivity index (χ3n) is 5.19. The van der Waals surface area contributed by atoms with Gasteiger partial charge in [0, 0.05) is 38.5 Å². The van der Waals surface area contributed by atoms with E-state index >= 15 is 0 Å². The van der Waals surface area contributed by atoms with Crippen LogP contribution in [0.2, 0.25) is 0 Å². The van der Waals surface area contributed by atoms with Crippen LogP contribution >= 0.6 is 0 Å². The van der Waals surface area contributed by atoms with Crippen molar-refractivity contribution < 1.29 is 4.79 Å². The summed E-state index contributed by atoms with van der Waals surface area (Å²) in [5, 5.41) is 0. The molecular formula is C18H22N4O2. The summed E-state index contributed by atoms with van der Waals surface area (Å²) in [4.78, 5) is 36.3. The van der Waals surface area contributed by atoms with Gasteiger partial charge in [-0.1, -0.05) is 12.1 Å². The van der Waals surface area contributed by atoms with Crippen molar-refractivity contribution in [1.82, 2.24) is 19.8 Å². The molecule has 2 saturated heterocycles. The molecule has 2 fully saturated rings. The summed E-state index contributed by atoms with van der Waals surface area (Å²) >= 11 is 0. The molecule has 1 atom stereocenters. The van der Waals surface area contributed by atoms with Gasteiger partial charge in [0.15, 0.2) is 0 Å². The summed E-state index contributed by atoms with van der Waals surface area (Å²) in [6.07, 6.45) is 3.17. The van der Waals surface area contributed by atoms with Crippen LogP contribution in [0.5, 0.6) is 0 Å². The minimum absolute atomic E-state index is 0.135. The van der Waals surface area contributed by atoms with Crippen LogP contribution in [0.3, 0.4) is 0 Å². The van der Waals surface area contributed by atoms with Gasteiger partial charge < -0.3 is 9.88 Å². The second-order valence-corrected chi connectivity index (χ2v) is 6.70. The van der Waals surface area contributed by atoms with Gasteiger partial charge in [-0.05, 0) is 31.5 Å². The van der Waals surface area contributed by atoms with Crippen LogP contribution in [-0.4, -0.2) is 57.9 Å². The zero-order valence-corrected chi connectivity index (χ0v) is 13.7. The van der Waals surface area contributed by atoms with E-state index in [1.165, 1.54) is 19.4 Å². The summed E-state index contributed by atoms with van der Waals surface area (Å²) < 4.78 is 0. The zero-order chi connectivity index (χ0) is 16.5. The number of H-pyrrole nitrogens is 1. The fourth-order valence-electron chi connectivity index (χ4n) is 3.84. The van der Waals surface area contributed by atoms with Crippen LogP contribution in [-0.2, 0) is 11.2 Å². The van der Waals surface area contributed by atoms with Crippen molar-refractivity contribution in [2.45, 2.75) is 31.7 Å². The number of carbonyl (C=O) groups excluding carboxylic acids is 1. The Labute approximate surface area is 140 Å². The maximum absolute atomic E-state index is 12.5. The number of aryl methyl sites for hydroxylation is 1. The van der Waals surface area contributed by atoms with Gasteiger partial charge in [-0.3, -0.25) is 14.5 Å². The van der Waals surface area contributed by atoms with Gasteiger partial charge in [0.1, 0.15) is 5.69 Å². The number of benzene rings is 1. The molecule has 2 aliphatic heterocycles. The maximum atomic E-state index is 12.5. The van der Waals surface area contributed by atoms with E-state index in [0.29, 0.717) is 24.6 Å². The van der Waals surface area contributed by atoms with Gasteiger partial charge in [0.2, 0.25) is 5.91 Å². The highest BCUT2D eigenvalue weighted by molar-refractivity contribution is 5.77. The standard InChI is InChI=1S/C18H22N4O2/c23-17(22-11-10-21-9-3-4-13(21)12-22)8-7-16-18(24)20-15-6-2-1-5-14(15)19-16/h1-2,5-6,13H,3-4,7-12H2,(H,20,24). The molecule has 0 radical (unpaired) electrons. The first-order valence-electron chi connectivity index (χ1n) is 8.70. The number of carbonyl (C=O) groups is 1. The monoisotopic (exact) mass is 326 g/mol. The highest BCUT2D eigenvalue weighted by Crippen LogP contribution is 2.21. The van der Waals surface area contributed by atoms with Crippen LogP contribution in [0.25, 0.3) is 11.0 Å². The van der Waals surface area contributed by atoms with Crippen LogP contribution in [0, 0.1) is 0 Å². The highest BCUT2D eigenvalue weighted by Gasteiger charge is 2.32. The van der Waals surface area contributed by atoms with E-state index in [0.717, 1.165) is 30.7 Å². The molecule has 4 rings (SSSR count). The molecule has 0 saturated carbocycles. The number of hydrogen-bond acceptors (Lipinski definition) is 4. The third-order valence-corrected chi connectivity index (χ3v) is 5.19. The average Bonchev–Trinajstić information content (AvgIpc) is 3.07. The number of fused-ring (bicyclic) bond motifs is 2. The molecule has 2 aromatic rings. The van der Waals surface area contributed by atoms with Crippen LogP contribution in [0.1, 0.15) is 25.0 Å². The molecule has 6 heteroatoms. The van der Waals surface area contributed by atoms with Crippen molar-refractivity contribution in [3.63, 3.8) is 0 Å². The number of para-hydroxylation sites is 2. The van der Waals surface area contributed by atoms with Gasteiger partial charge in [-0.2, -0.15) is 0 Å². The molecule has 1 N–H and O–H groups in total. The summed E-state index contributed by atoms with van der Waals surface area (Å²) in [6.45, 7) is 3.78. The molecule has 1 amide bonds. The fraction of sp³-hybridized carbons (Fsp3) is 0.500. The summed E-state index contributed by atoms with van der Waals surface area (Å²) in [5.74, 6) is 0.135. The Balaban J connectivity index is 1.42. The lowest BCUT2D eigenvalue weighted by atomic mass is 10.1. The summed E-state index contributed by atoms with van der Waals surface area (Å²) in [5.41, 5.74) is 1.75. The third kappa shape index (κ3) is 2.94. The minimum Gasteiger partial charge on any atom is -0.340 e. The lowest BCUT2D eigenvalue weighted by Crippen LogP contribution is -2.52. The van der Waals surface area contributed by atoms with E-state index in [4.69, 9.17) is 0 Å². The van der Waals surface area contributed by atoms with E-state index in [9.17, 15) is 9.59 Å². The SMILES string of the molecule is O=C(CCc1nc2ccccc2[nH]c1=O)N1CCN2CCCC2C1. The van der Waals surface area contributed by atoms with Gasteiger partial charge >= 0.3 is 0 Å². The number of aromatic nitrogens is 2. The minimum atomic E-state index is -0.192. The lowest BCUT2D eigenvalue weighted by Gasteiger charge is -2.37. The highest BCUT2D eigenvalue weighted by atomic mass is 16.2. The zero-order valence-electron chi connectivity index (χ0n) is 13.7. The summed E-state index contributed by atoms with van der Waals surface area (Å²) in [7, 11) is 0. The van der Waals surface area contributed by atoms with E-state index in [1.807, 2.05) is 29.2 Å². The molecule has 0 bridgehead atoms. The number of amides is 1. The molecule has 3 heterocycles. The Morgan fingerprint density at radius 2 is 2.12 bits per heavy atom. The van der Waals surface area contributed by atoms with Crippen molar-refractivity contribution >= 4 is 16.9 Å². The van der Waals surface area contributed by atoms with E-state index < -0.39 is 0 Å². The fourth-order valence-corrected chi connectivity index (χ4v) is 3.84. The molecule has 6 nitrogen and oxygen atoms in total. The Bertz CT molecular complexity index is 816. The second kappa shape index (κ2) is 6.36. The molecule has 0 spiro atoms. The van der Waals surface area contributed by atoms with Gasteiger partial charge in [0.05, 0.1) is 11.0 Å². The first kappa shape index (κ1) is 15.3. The number of nitrogens with one attached hydrogen (secondary N) is 1. The predicted octanol–water partition coefficient (Wildman–Crippen LogP) is 1.16. The Morgan fingerprint density at radius 1 is 1.25 bits per heavy atom. The van der Waals surface area contributed by atoms with Crippen molar-refractivity contribution in [1.29, 1.82) is 0 Å². The normalized spacial score (nSPS) is 21.2. The molecule has 2 aliphatic rings. The van der Waals surface area contributed by atoms with E-state index in [1.54, 1.807) is 0 Å². The Hall–Kier alpha value is -2.21. The largest absolute Gasteiger partial charge is 0.340 e. The number of aromatic amines is 1. The van der Waals surface area contributed by atoms with Crippen LogP contribution in [0.4, 0.5) is 0 Å². The van der Waals surface area contributed by atoms with Gasteiger partial charge in [-0.15, -0.1) is 0 Å². The number of hydrogen-bond donors (Lipinski definition) is 1. The first-order chi connectivity index (χ1) is 11.7. The van der Waals surface area contributed by atoms with Crippen LogP contribution in [0.15, 0.2) is 29.1 Å². The molecule has 126 valence electrons. The van der Waals surface area contributed by atoms with E-state index in [2.05, 4.69) is 14.9 Å². The van der Waals surface area contributed by atoms with Crippen molar-refractivity contribution in [3.8, 4) is 0 Å². The molecule has 1 aromatic heterocycles. The second-order valence-electron chi connectivity index (χ2n) is 6.70. The van der Waals surface area contributed by atoms with Gasteiger partial charge in [-0.25, -0.2) is 4.98 Å². The Kier molecular flexibility index (Phi) is 4.06. The van der Waals surface area contributed by atoms with Crippen LogP contribution < -0.4 is 5.56 Å². The topological polar surface area (TPSA) is 69.3 Å².